The summed E-state index contributed by atoms with van der Waals surface area (Å²) in [6.45, 7) is 3.60. The van der Waals surface area contributed by atoms with Crippen molar-refractivity contribution in [3.05, 3.63) is 0 Å². The van der Waals surface area contributed by atoms with Crippen LogP contribution >= 0.6 is 0 Å². The van der Waals surface area contributed by atoms with Gasteiger partial charge in [0.25, 0.3) is 0 Å². The Bertz CT molecular complexity index is 298. The molecule has 6 N–H and O–H groups in total. The predicted molar refractivity (Wildman–Crippen MR) is 64.6 cm³/mol. The second kappa shape index (κ2) is 6.85. The highest BCUT2D eigenvalue weighted by Gasteiger charge is 2.25. The van der Waals surface area contributed by atoms with Crippen molar-refractivity contribution in [2.24, 2.45) is 16.5 Å². The second-order valence-electron chi connectivity index (χ2n) is 4.32. The normalized spacial score (nSPS) is 12.8. The molecule has 0 fully saturated rings. The SMILES string of the molecule is CC(C)(C=O)N[C@@H](CCCN=C(N)N)C(=O)O. The van der Waals surface area contributed by atoms with Crippen LogP contribution in [0, 0.1) is 0 Å². The highest BCUT2D eigenvalue weighted by molar-refractivity contribution is 5.76. The van der Waals surface area contributed by atoms with E-state index in [0.717, 1.165) is 0 Å². The fraction of sp³-hybridized carbons (Fsp3) is 0.700. The van der Waals surface area contributed by atoms with Gasteiger partial charge in [-0.2, -0.15) is 0 Å². The number of nitrogens with two attached hydrogens (primary N) is 2. The fourth-order valence-corrected chi connectivity index (χ4v) is 1.24. The van der Waals surface area contributed by atoms with E-state index in [0.29, 0.717) is 25.7 Å². The highest BCUT2D eigenvalue weighted by Crippen LogP contribution is 2.05. The number of carbonyl (C=O) groups is 2. The van der Waals surface area contributed by atoms with Crippen molar-refractivity contribution in [1.29, 1.82) is 0 Å². The third kappa shape index (κ3) is 7.29. The van der Waals surface area contributed by atoms with Gasteiger partial charge in [-0.3, -0.25) is 15.1 Å². The van der Waals surface area contributed by atoms with Crippen molar-refractivity contribution >= 4 is 18.2 Å². The highest BCUT2D eigenvalue weighted by atomic mass is 16.4. The molecule has 0 aromatic heterocycles. The van der Waals surface area contributed by atoms with Crippen molar-refractivity contribution in [2.45, 2.75) is 38.3 Å². The third-order valence-corrected chi connectivity index (χ3v) is 2.08. The summed E-state index contributed by atoms with van der Waals surface area (Å²) >= 11 is 0. The van der Waals surface area contributed by atoms with Gasteiger partial charge in [0.1, 0.15) is 12.3 Å². The van der Waals surface area contributed by atoms with Gasteiger partial charge in [-0.1, -0.05) is 0 Å². The van der Waals surface area contributed by atoms with Gasteiger partial charge < -0.3 is 21.4 Å². The first-order valence-corrected chi connectivity index (χ1v) is 5.30. The molecule has 98 valence electrons. The first kappa shape index (κ1) is 15.4. The van der Waals surface area contributed by atoms with Gasteiger partial charge in [-0.25, -0.2) is 0 Å². The number of carbonyl (C=O) groups excluding carboxylic acids is 1. The number of hydrogen-bond donors (Lipinski definition) is 4. The van der Waals surface area contributed by atoms with Crippen molar-refractivity contribution < 1.29 is 14.7 Å². The Morgan fingerprint density at radius 2 is 2.12 bits per heavy atom. The lowest BCUT2D eigenvalue weighted by Gasteiger charge is -2.24. The van der Waals surface area contributed by atoms with Gasteiger partial charge in [0.15, 0.2) is 5.96 Å². The Labute approximate surface area is 100 Å². The minimum absolute atomic E-state index is 0.0157. The maximum atomic E-state index is 11.0. The second-order valence-corrected chi connectivity index (χ2v) is 4.32. The van der Waals surface area contributed by atoms with Crippen LogP contribution in [0.3, 0.4) is 0 Å². The molecule has 1 atom stereocenters. The maximum Gasteiger partial charge on any atom is 0.320 e. The number of carboxylic acid groups (broad SMARTS) is 1. The summed E-state index contributed by atoms with van der Waals surface area (Å²) in [6.07, 6.45) is 1.55. The van der Waals surface area contributed by atoms with E-state index < -0.39 is 17.6 Å². The molecule has 17 heavy (non-hydrogen) atoms. The van der Waals surface area contributed by atoms with Gasteiger partial charge in [-0.15, -0.1) is 0 Å². The molecule has 0 rings (SSSR count). The number of carboxylic acids is 1. The minimum Gasteiger partial charge on any atom is -0.480 e. The molecule has 0 bridgehead atoms. The minimum atomic E-state index is -0.996. The Kier molecular flexibility index (Phi) is 6.19. The van der Waals surface area contributed by atoms with Crippen LogP contribution in [0.1, 0.15) is 26.7 Å². The molecule has 0 aliphatic carbocycles. The summed E-state index contributed by atoms with van der Waals surface area (Å²) in [5, 5.41) is 11.7. The van der Waals surface area contributed by atoms with Crippen LogP contribution in [0.15, 0.2) is 4.99 Å². The molecule has 0 saturated carbocycles. The van der Waals surface area contributed by atoms with Gasteiger partial charge >= 0.3 is 5.97 Å². The van der Waals surface area contributed by atoms with E-state index >= 15 is 0 Å². The first-order valence-electron chi connectivity index (χ1n) is 5.30. The largest absolute Gasteiger partial charge is 0.480 e. The number of aliphatic carboxylic acids is 1. The number of guanidine groups is 1. The summed E-state index contributed by atoms with van der Waals surface area (Å²) in [7, 11) is 0. The van der Waals surface area contributed by atoms with E-state index in [1.54, 1.807) is 13.8 Å². The van der Waals surface area contributed by atoms with Crippen LogP contribution in [0.2, 0.25) is 0 Å². The Hall–Kier alpha value is -1.63. The molecule has 0 heterocycles. The maximum absolute atomic E-state index is 11.0. The van der Waals surface area contributed by atoms with E-state index in [2.05, 4.69) is 10.3 Å². The third-order valence-electron chi connectivity index (χ3n) is 2.08. The van der Waals surface area contributed by atoms with E-state index in [4.69, 9.17) is 16.6 Å². The van der Waals surface area contributed by atoms with Gasteiger partial charge in [0.05, 0.1) is 5.54 Å². The molecular weight excluding hydrogens is 224 g/mol. The van der Waals surface area contributed by atoms with Crippen molar-refractivity contribution in [2.75, 3.05) is 6.54 Å². The molecule has 7 heteroatoms. The Balaban J connectivity index is 4.22. The van der Waals surface area contributed by atoms with E-state index in [1.807, 2.05) is 0 Å². The molecule has 0 amide bonds. The van der Waals surface area contributed by atoms with Crippen LogP contribution in [-0.2, 0) is 9.59 Å². The fourth-order valence-electron chi connectivity index (χ4n) is 1.24. The lowest BCUT2D eigenvalue weighted by atomic mass is 10.0. The first-order chi connectivity index (χ1) is 7.78. The molecular formula is C10H20N4O3. The van der Waals surface area contributed by atoms with E-state index in [-0.39, 0.29) is 5.96 Å². The molecule has 0 aliphatic rings. The van der Waals surface area contributed by atoms with E-state index in [1.165, 1.54) is 0 Å². The lowest BCUT2D eigenvalue weighted by Crippen LogP contribution is -2.50. The molecule has 7 nitrogen and oxygen atoms in total. The van der Waals surface area contributed by atoms with Crippen LogP contribution < -0.4 is 16.8 Å². The van der Waals surface area contributed by atoms with Crippen LogP contribution in [0.5, 0.6) is 0 Å². The average Bonchev–Trinajstić information content (AvgIpc) is 2.22. The predicted octanol–water partition coefficient (Wildman–Crippen LogP) is -0.940. The van der Waals surface area contributed by atoms with Gasteiger partial charge in [0.2, 0.25) is 0 Å². The quantitative estimate of drug-likeness (QED) is 0.189. The summed E-state index contributed by atoms with van der Waals surface area (Å²) in [5.74, 6) is -1.01. The van der Waals surface area contributed by atoms with Crippen LogP contribution in [-0.4, -0.2) is 41.4 Å². The number of nitrogens with one attached hydrogen (secondary N) is 1. The van der Waals surface area contributed by atoms with Gasteiger partial charge in [-0.05, 0) is 26.7 Å². The number of nitrogens with zero attached hydrogens (tertiary/aromatic N) is 1. The van der Waals surface area contributed by atoms with Gasteiger partial charge in [0, 0.05) is 6.54 Å². The molecule has 0 aromatic rings. The zero-order chi connectivity index (χ0) is 13.5. The molecule has 0 aromatic carbocycles. The lowest BCUT2D eigenvalue weighted by molar-refractivity contribution is -0.140. The smallest absolute Gasteiger partial charge is 0.320 e. The Morgan fingerprint density at radius 3 is 2.53 bits per heavy atom. The summed E-state index contributed by atoms with van der Waals surface area (Å²) in [6, 6.07) is -0.788. The monoisotopic (exact) mass is 244 g/mol. The molecule has 0 saturated heterocycles. The zero-order valence-electron chi connectivity index (χ0n) is 10.1. The van der Waals surface area contributed by atoms with Crippen LogP contribution in [0.4, 0.5) is 0 Å². The van der Waals surface area contributed by atoms with Crippen LogP contribution in [0.25, 0.3) is 0 Å². The molecule has 0 aliphatic heterocycles. The van der Waals surface area contributed by atoms with Crippen molar-refractivity contribution in [3.8, 4) is 0 Å². The van der Waals surface area contributed by atoms with Crippen molar-refractivity contribution in [1.82, 2.24) is 5.32 Å². The number of aliphatic imine (C=N–C) groups is 1. The zero-order valence-corrected chi connectivity index (χ0v) is 10.1. The topological polar surface area (TPSA) is 131 Å². The number of hydrogen-bond acceptors (Lipinski definition) is 4. The number of aldehydes is 1. The summed E-state index contributed by atoms with van der Waals surface area (Å²) in [5.41, 5.74) is 9.42. The molecule has 0 spiro atoms. The van der Waals surface area contributed by atoms with E-state index in [9.17, 15) is 9.59 Å². The number of rotatable bonds is 8. The summed E-state index contributed by atoms with van der Waals surface area (Å²) in [4.78, 5) is 25.4. The van der Waals surface area contributed by atoms with Crippen molar-refractivity contribution in [3.63, 3.8) is 0 Å². The average molecular weight is 244 g/mol. The standard InChI is InChI=1S/C10H20N4O3/c1-10(2,6-15)14-7(8(16)17)4-3-5-13-9(11)12/h6-7,14H,3-5H2,1-2H3,(H,16,17)(H4,11,12,13)/t7-/m0/s1. The molecule has 0 unspecified atom stereocenters. The Morgan fingerprint density at radius 1 is 1.53 bits per heavy atom. The summed E-state index contributed by atoms with van der Waals surface area (Å²) < 4.78 is 0. The molecule has 0 radical (unpaired) electrons.